The topological polar surface area (TPSA) is 65.1 Å². The molecule has 0 saturated carbocycles. The highest BCUT2D eigenvalue weighted by Crippen LogP contribution is 2.36. The van der Waals surface area contributed by atoms with E-state index in [4.69, 9.17) is 25.8 Å². The molecule has 32 heavy (non-hydrogen) atoms. The minimum absolute atomic E-state index is 0.211. The van der Waals surface area contributed by atoms with Crippen LogP contribution in [0.25, 0.3) is 11.1 Å². The maximum Gasteiger partial charge on any atom is 0.410 e. The van der Waals surface area contributed by atoms with Crippen molar-refractivity contribution in [2.75, 3.05) is 19.8 Å². The number of rotatable bonds is 5. The Balaban J connectivity index is 1.92. The zero-order chi connectivity index (χ0) is 23.5. The summed E-state index contributed by atoms with van der Waals surface area (Å²) in [6.07, 6.45) is -0.0657. The summed E-state index contributed by atoms with van der Waals surface area (Å²) < 4.78 is 30.5. The van der Waals surface area contributed by atoms with E-state index in [-0.39, 0.29) is 25.6 Å². The molecular weight excluding hydrogens is 437 g/mol. The highest BCUT2D eigenvalue weighted by atomic mass is 35.5. The highest BCUT2D eigenvalue weighted by molar-refractivity contribution is 6.31. The van der Waals surface area contributed by atoms with Crippen molar-refractivity contribution in [3.63, 3.8) is 0 Å². The van der Waals surface area contributed by atoms with Gasteiger partial charge < -0.3 is 19.1 Å². The monoisotopic (exact) mass is 463 g/mol. The Morgan fingerprint density at radius 2 is 1.91 bits per heavy atom. The number of amides is 1. The molecule has 0 bridgehead atoms. The number of nitrogens with zero attached hydrogens (tertiary/aromatic N) is 1. The van der Waals surface area contributed by atoms with Crippen LogP contribution in [0.5, 0.6) is 5.75 Å². The minimum atomic E-state index is -0.625. The van der Waals surface area contributed by atoms with Crippen molar-refractivity contribution in [2.45, 2.75) is 46.3 Å². The number of halogens is 2. The average molecular weight is 464 g/mol. The Labute approximate surface area is 192 Å². The Bertz CT molecular complexity index is 1020. The molecule has 0 spiro atoms. The fraction of sp³-hybridized carbons (Fsp3) is 0.417. The van der Waals surface area contributed by atoms with Crippen molar-refractivity contribution in [2.24, 2.45) is 0 Å². The second-order valence-electron chi connectivity index (χ2n) is 8.47. The quantitative estimate of drug-likeness (QED) is 0.557. The first-order valence-electron chi connectivity index (χ1n) is 10.4. The van der Waals surface area contributed by atoms with Crippen molar-refractivity contribution in [3.8, 4) is 16.9 Å². The number of hydrogen-bond acceptors (Lipinski definition) is 5. The van der Waals surface area contributed by atoms with Gasteiger partial charge in [-0.05, 0) is 80.6 Å². The van der Waals surface area contributed by atoms with Gasteiger partial charge in [-0.2, -0.15) is 0 Å². The Kier molecular flexibility index (Phi) is 7.29. The van der Waals surface area contributed by atoms with Crippen LogP contribution in [0, 0.1) is 5.82 Å². The van der Waals surface area contributed by atoms with Crippen molar-refractivity contribution >= 4 is 23.7 Å². The van der Waals surface area contributed by atoms with Crippen LogP contribution in [-0.2, 0) is 27.2 Å². The van der Waals surface area contributed by atoms with E-state index in [0.717, 1.165) is 5.56 Å². The molecule has 2 aromatic carbocycles. The van der Waals surface area contributed by atoms with Gasteiger partial charge in [0.2, 0.25) is 0 Å². The molecule has 0 aliphatic carbocycles. The third-order valence-corrected chi connectivity index (χ3v) is 5.07. The first-order chi connectivity index (χ1) is 15.1. The molecule has 0 atom stereocenters. The van der Waals surface area contributed by atoms with E-state index in [9.17, 15) is 14.0 Å². The van der Waals surface area contributed by atoms with E-state index in [1.807, 2.05) is 0 Å². The maximum absolute atomic E-state index is 14.6. The summed E-state index contributed by atoms with van der Waals surface area (Å²) in [7, 11) is 0. The molecule has 1 heterocycles. The van der Waals surface area contributed by atoms with E-state index in [1.165, 1.54) is 6.07 Å². The van der Waals surface area contributed by atoms with Crippen molar-refractivity contribution < 1.29 is 28.2 Å². The second-order valence-corrected chi connectivity index (χ2v) is 8.91. The molecule has 2 aromatic rings. The molecule has 1 aliphatic rings. The van der Waals surface area contributed by atoms with Gasteiger partial charge in [-0.25, -0.2) is 14.0 Å². The van der Waals surface area contributed by atoms with E-state index in [0.29, 0.717) is 40.4 Å². The first kappa shape index (κ1) is 23.9. The summed E-state index contributed by atoms with van der Waals surface area (Å²) in [5.74, 6) is -0.409. The molecule has 0 saturated heterocycles. The number of carbonyl (C=O) groups is 2. The SMILES string of the molecule is CCOC(=O)COc1cc(Cl)cc(-c2ccc(F)c3c2CN(C(=O)OC(C)(C)C)CC3)c1. The van der Waals surface area contributed by atoms with Gasteiger partial charge in [-0.1, -0.05) is 17.7 Å². The lowest BCUT2D eigenvalue weighted by Crippen LogP contribution is -2.40. The Hall–Kier alpha value is -2.80. The number of fused-ring (bicyclic) bond motifs is 1. The normalized spacial score (nSPS) is 13.4. The number of hydrogen-bond donors (Lipinski definition) is 0. The van der Waals surface area contributed by atoms with Gasteiger partial charge in [0.15, 0.2) is 6.61 Å². The van der Waals surface area contributed by atoms with Gasteiger partial charge in [-0.3, -0.25) is 0 Å². The standard InChI is InChI=1S/C24H27ClFNO5/c1-5-30-22(28)14-31-17-11-15(10-16(25)12-17)18-6-7-21(26)19-8-9-27(13-20(18)19)23(29)32-24(2,3)4/h6-7,10-12H,5,8-9,13-14H2,1-4H3. The van der Waals surface area contributed by atoms with Crippen molar-refractivity contribution in [3.05, 3.63) is 52.3 Å². The zero-order valence-corrected chi connectivity index (χ0v) is 19.4. The molecule has 172 valence electrons. The molecule has 0 aromatic heterocycles. The van der Waals surface area contributed by atoms with Crippen LogP contribution >= 0.6 is 11.6 Å². The predicted molar refractivity (Wildman–Crippen MR) is 119 cm³/mol. The third kappa shape index (κ3) is 5.91. The molecule has 1 aliphatic heterocycles. The number of ether oxygens (including phenoxy) is 3. The fourth-order valence-corrected chi connectivity index (χ4v) is 3.76. The summed E-state index contributed by atoms with van der Waals surface area (Å²) in [6.45, 7) is 7.72. The lowest BCUT2D eigenvalue weighted by molar-refractivity contribution is -0.145. The van der Waals surface area contributed by atoms with Crippen LogP contribution < -0.4 is 4.74 Å². The summed E-state index contributed by atoms with van der Waals surface area (Å²) in [5, 5.41) is 0.402. The number of esters is 1. The van der Waals surface area contributed by atoms with Gasteiger partial charge in [-0.15, -0.1) is 0 Å². The van der Waals surface area contributed by atoms with E-state index < -0.39 is 17.7 Å². The molecule has 3 rings (SSSR count). The number of carbonyl (C=O) groups excluding carboxylic acids is 2. The van der Waals surface area contributed by atoms with Crippen LogP contribution in [0.4, 0.5) is 9.18 Å². The molecule has 0 fully saturated rings. The first-order valence-corrected chi connectivity index (χ1v) is 10.8. The van der Waals surface area contributed by atoms with Gasteiger partial charge in [0.1, 0.15) is 17.2 Å². The van der Waals surface area contributed by atoms with Crippen LogP contribution in [0.1, 0.15) is 38.8 Å². The summed E-state index contributed by atoms with van der Waals surface area (Å²) >= 11 is 6.29. The molecular formula is C24H27ClFNO5. The predicted octanol–water partition coefficient (Wildman–Crippen LogP) is 5.38. The lowest BCUT2D eigenvalue weighted by atomic mass is 9.90. The molecule has 1 amide bonds. The van der Waals surface area contributed by atoms with Crippen LogP contribution in [0.3, 0.4) is 0 Å². The van der Waals surface area contributed by atoms with Crippen LogP contribution in [-0.4, -0.2) is 42.3 Å². The smallest absolute Gasteiger partial charge is 0.410 e. The van der Waals surface area contributed by atoms with Crippen molar-refractivity contribution in [1.82, 2.24) is 4.90 Å². The summed E-state index contributed by atoms with van der Waals surface area (Å²) in [5.41, 5.74) is 2.06. The summed E-state index contributed by atoms with van der Waals surface area (Å²) in [4.78, 5) is 25.8. The molecule has 0 radical (unpaired) electrons. The third-order valence-electron chi connectivity index (χ3n) is 4.85. The van der Waals surface area contributed by atoms with E-state index >= 15 is 0 Å². The maximum atomic E-state index is 14.6. The summed E-state index contributed by atoms with van der Waals surface area (Å²) in [6, 6.07) is 8.13. The number of benzene rings is 2. The van der Waals surface area contributed by atoms with E-state index in [1.54, 1.807) is 56.9 Å². The second kappa shape index (κ2) is 9.77. The lowest BCUT2D eigenvalue weighted by Gasteiger charge is -2.32. The average Bonchev–Trinajstić information content (AvgIpc) is 2.71. The van der Waals surface area contributed by atoms with Gasteiger partial charge >= 0.3 is 12.1 Å². The van der Waals surface area contributed by atoms with Gasteiger partial charge in [0.05, 0.1) is 6.61 Å². The molecule has 6 nitrogen and oxygen atoms in total. The van der Waals surface area contributed by atoms with Crippen molar-refractivity contribution in [1.29, 1.82) is 0 Å². The van der Waals surface area contributed by atoms with Gasteiger partial charge in [0, 0.05) is 18.1 Å². The highest BCUT2D eigenvalue weighted by Gasteiger charge is 2.29. The van der Waals surface area contributed by atoms with Crippen LogP contribution in [0.15, 0.2) is 30.3 Å². The molecule has 0 unspecified atom stereocenters. The largest absolute Gasteiger partial charge is 0.482 e. The van der Waals surface area contributed by atoms with Gasteiger partial charge in [0.25, 0.3) is 0 Å². The molecule has 0 N–H and O–H groups in total. The zero-order valence-electron chi connectivity index (χ0n) is 18.7. The molecule has 8 heteroatoms. The van der Waals surface area contributed by atoms with Crippen LogP contribution in [0.2, 0.25) is 5.02 Å². The fourth-order valence-electron chi connectivity index (χ4n) is 3.53. The minimum Gasteiger partial charge on any atom is -0.482 e. The Morgan fingerprint density at radius 1 is 1.16 bits per heavy atom. The Morgan fingerprint density at radius 3 is 2.59 bits per heavy atom. The van der Waals surface area contributed by atoms with E-state index in [2.05, 4.69) is 0 Å².